The highest BCUT2D eigenvalue weighted by Crippen LogP contribution is 2.26. The minimum atomic E-state index is -0.277. The largest absolute Gasteiger partial charge is 0.493 e. The van der Waals surface area contributed by atoms with Gasteiger partial charge in [0.2, 0.25) is 0 Å². The van der Waals surface area contributed by atoms with Crippen LogP contribution < -0.4 is 4.74 Å². The van der Waals surface area contributed by atoms with Gasteiger partial charge in [0.15, 0.2) is 0 Å². The third kappa shape index (κ3) is 2.87. The first-order valence-electron chi connectivity index (χ1n) is 5.89. The summed E-state index contributed by atoms with van der Waals surface area (Å²) in [6, 6.07) is 5.44. The molecule has 0 amide bonds. The molecule has 3 heteroatoms. The van der Waals surface area contributed by atoms with Crippen molar-refractivity contribution < 1.29 is 14.3 Å². The summed E-state index contributed by atoms with van der Waals surface area (Å²) in [7, 11) is 0. The molecule has 0 unspecified atom stereocenters. The Bertz CT molecular complexity index is 435. The van der Waals surface area contributed by atoms with E-state index >= 15 is 0 Å². The highest BCUT2D eigenvalue weighted by molar-refractivity contribution is 5.90. The molecule has 0 spiro atoms. The molecule has 0 atom stereocenters. The van der Waals surface area contributed by atoms with Crippen LogP contribution in [0.2, 0.25) is 0 Å². The molecule has 1 aliphatic rings. The fourth-order valence-electron chi connectivity index (χ4n) is 1.76. The number of esters is 1. The third-order valence-corrected chi connectivity index (χ3v) is 2.64. The van der Waals surface area contributed by atoms with Crippen molar-refractivity contribution in [2.24, 2.45) is 0 Å². The second-order valence-corrected chi connectivity index (χ2v) is 3.90. The number of allylic oxidation sites excluding steroid dienone is 1. The first-order chi connectivity index (χ1) is 8.31. The Balaban J connectivity index is 1.97. The Morgan fingerprint density at radius 1 is 1.47 bits per heavy atom. The van der Waals surface area contributed by atoms with E-state index in [2.05, 4.69) is 0 Å². The average molecular weight is 232 g/mol. The van der Waals surface area contributed by atoms with E-state index in [0.29, 0.717) is 18.8 Å². The molecule has 2 rings (SSSR count). The highest BCUT2D eigenvalue weighted by atomic mass is 16.5. The summed E-state index contributed by atoms with van der Waals surface area (Å²) in [6.45, 7) is 3.08. The van der Waals surface area contributed by atoms with Crippen molar-refractivity contribution in [3.8, 4) is 5.75 Å². The average Bonchev–Trinajstić information content (AvgIpc) is 2.81. The molecule has 0 aromatic heterocycles. The number of carbonyl (C=O) groups is 1. The standard InChI is InChI=1S/C14H16O3/c1-2-3-4-8-17-14(15)12-5-6-13-11(10-12)7-9-16-13/h3-6,10H,2,7-9H2,1H3/b4-3+. The molecule has 90 valence electrons. The molecule has 0 radical (unpaired) electrons. The van der Waals surface area contributed by atoms with Crippen LogP contribution in [-0.2, 0) is 11.2 Å². The van der Waals surface area contributed by atoms with Gasteiger partial charge in [-0.3, -0.25) is 0 Å². The van der Waals surface area contributed by atoms with Crippen molar-refractivity contribution in [3.05, 3.63) is 41.5 Å². The van der Waals surface area contributed by atoms with Crippen LogP contribution in [-0.4, -0.2) is 19.2 Å². The van der Waals surface area contributed by atoms with E-state index in [4.69, 9.17) is 9.47 Å². The lowest BCUT2D eigenvalue weighted by atomic mass is 10.1. The fraction of sp³-hybridized carbons (Fsp3) is 0.357. The van der Waals surface area contributed by atoms with E-state index in [-0.39, 0.29) is 5.97 Å². The minimum absolute atomic E-state index is 0.277. The number of carbonyl (C=O) groups excluding carboxylic acids is 1. The second-order valence-electron chi connectivity index (χ2n) is 3.90. The summed E-state index contributed by atoms with van der Waals surface area (Å²) in [4.78, 5) is 11.7. The molecule has 0 N–H and O–H groups in total. The predicted molar refractivity (Wildman–Crippen MR) is 65.4 cm³/mol. The Labute approximate surface area is 101 Å². The van der Waals surface area contributed by atoms with E-state index in [1.165, 1.54) is 0 Å². The molecule has 0 saturated carbocycles. The molecular weight excluding hydrogens is 216 g/mol. The van der Waals surface area contributed by atoms with Crippen LogP contribution in [0.4, 0.5) is 0 Å². The molecule has 1 aliphatic heterocycles. The van der Waals surface area contributed by atoms with Crippen LogP contribution in [0.1, 0.15) is 29.3 Å². The SMILES string of the molecule is CC/C=C/COC(=O)c1ccc2c(c1)CCO2. The van der Waals surface area contributed by atoms with Crippen molar-refractivity contribution in [1.29, 1.82) is 0 Å². The number of hydrogen-bond donors (Lipinski definition) is 0. The summed E-state index contributed by atoms with van der Waals surface area (Å²) >= 11 is 0. The van der Waals surface area contributed by atoms with Gasteiger partial charge in [-0.25, -0.2) is 4.79 Å². The van der Waals surface area contributed by atoms with Crippen LogP contribution in [0.5, 0.6) is 5.75 Å². The second kappa shape index (κ2) is 5.53. The van der Waals surface area contributed by atoms with Gasteiger partial charge in [0.25, 0.3) is 0 Å². The van der Waals surface area contributed by atoms with Gasteiger partial charge in [-0.1, -0.05) is 19.1 Å². The Hall–Kier alpha value is -1.77. The van der Waals surface area contributed by atoms with Gasteiger partial charge in [-0.15, -0.1) is 0 Å². The quantitative estimate of drug-likeness (QED) is 0.591. The first-order valence-corrected chi connectivity index (χ1v) is 5.89. The molecule has 1 heterocycles. The van der Waals surface area contributed by atoms with Gasteiger partial charge in [0.1, 0.15) is 12.4 Å². The maximum Gasteiger partial charge on any atom is 0.338 e. The number of rotatable bonds is 4. The molecule has 0 fully saturated rings. The first kappa shape index (κ1) is 11.7. The van der Waals surface area contributed by atoms with Crippen LogP contribution in [0.25, 0.3) is 0 Å². The smallest absolute Gasteiger partial charge is 0.338 e. The van der Waals surface area contributed by atoms with Gasteiger partial charge >= 0.3 is 5.97 Å². The highest BCUT2D eigenvalue weighted by Gasteiger charge is 2.15. The molecular formula is C14H16O3. The molecule has 0 saturated heterocycles. The summed E-state index contributed by atoms with van der Waals surface area (Å²) in [5.41, 5.74) is 1.68. The van der Waals surface area contributed by atoms with Crippen molar-refractivity contribution in [2.75, 3.05) is 13.2 Å². The van der Waals surface area contributed by atoms with E-state index in [0.717, 1.165) is 24.2 Å². The summed E-state index contributed by atoms with van der Waals surface area (Å²) in [5, 5.41) is 0. The van der Waals surface area contributed by atoms with Gasteiger partial charge in [0, 0.05) is 6.42 Å². The van der Waals surface area contributed by atoms with Gasteiger partial charge in [0.05, 0.1) is 12.2 Å². The maximum absolute atomic E-state index is 11.7. The minimum Gasteiger partial charge on any atom is -0.493 e. The molecule has 0 bridgehead atoms. The van der Waals surface area contributed by atoms with Crippen LogP contribution in [0, 0.1) is 0 Å². The summed E-state index contributed by atoms with van der Waals surface area (Å²) in [5.74, 6) is 0.605. The van der Waals surface area contributed by atoms with E-state index < -0.39 is 0 Å². The third-order valence-electron chi connectivity index (χ3n) is 2.64. The van der Waals surface area contributed by atoms with Gasteiger partial charge < -0.3 is 9.47 Å². The van der Waals surface area contributed by atoms with Crippen molar-refractivity contribution in [2.45, 2.75) is 19.8 Å². The van der Waals surface area contributed by atoms with Crippen molar-refractivity contribution >= 4 is 5.97 Å². The van der Waals surface area contributed by atoms with Crippen LogP contribution in [0.15, 0.2) is 30.4 Å². The Morgan fingerprint density at radius 2 is 2.35 bits per heavy atom. The summed E-state index contributed by atoms with van der Waals surface area (Å²) in [6.07, 6.45) is 5.65. The fourth-order valence-corrected chi connectivity index (χ4v) is 1.76. The lowest BCUT2D eigenvalue weighted by molar-refractivity contribution is 0.0549. The van der Waals surface area contributed by atoms with Crippen LogP contribution >= 0.6 is 0 Å². The zero-order valence-electron chi connectivity index (χ0n) is 9.94. The molecule has 0 aliphatic carbocycles. The normalized spacial score (nSPS) is 13.5. The van der Waals surface area contributed by atoms with E-state index in [9.17, 15) is 4.79 Å². The monoisotopic (exact) mass is 232 g/mol. The zero-order valence-corrected chi connectivity index (χ0v) is 9.94. The molecule has 17 heavy (non-hydrogen) atoms. The molecule has 3 nitrogen and oxygen atoms in total. The van der Waals surface area contributed by atoms with Gasteiger partial charge in [-0.05, 0) is 30.2 Å². The topological polar surface area (TPSA) is 35.5 Å². The van der Waals surface area contributed by atoms with Gasteiger partial charge in [-0.2, -0.15) is 0 Å². The number of fused-ring (bicyclic) bond motifs is 1. The zero-order chi connectivity index (χ0) is 12.1. The number of benzene rings is 1. The van der Waals surface area contributed by atoms with Crippen LogP contribution in [0.3, 0.4) is 0 Å². The lowest BCUT2D eigenvalue weighted by Crippen LogP contribution is -2.05. The number of ether oxygens (including phenoxy) is 2. The van der Waals surface area contributed by atoms with E-state index in [1.54, 1.807) is 6.07 Å². The number of hydrogen-bond acceptors (Lipinski definition) is 3. The maximum atomic E-state index is 11.7. The molecule has 1 aromatic rings. The Kier molecular flexibility index (Phi) is 3.81. The van der Waals surface area contributed by atoms with E-state index in [1.807, 2.05) is 31.2 Å². The van der Waals surface area contributed by atoms with Crippen molar-refractivity contribution in [3.63, 3.8) is 0 Å². The van der Waals surface area contributed by atoms with Crippen molar-refractivity contribution in [1.82, 2.24) is 0 Å². The Morgan fingerprint density at radius 3 is 3.18 bits per heavy atom. The summed E-state index contributed by atoms with van der Waals surface area (Å²) < 4.78 is 10.5. The lowest BCUT2D eigenvalue weighted by Gasteiger charge is -2.04. The predicted octanol–water partition coefficient (Wildman–Crippen LogP) is 2.74. The molecule has 1 aromatic carbocycles.